The molecule has 2 fully saturated rings. The Labute approximate surface area is 152 Å². The molecule has 0 unspecified atom stereocenters. The SMILES string of the molecule is CCC[SiH]1CCC(C2CCC(COc3ccc(F)c(F)c3)CC2)CC1. The minimum Gasteiger partial charge on any atom is -0.493 e. The monoisotopic (exact) mass is 366 g/mol. The average molecular weight is 367 g/mol. The highest BCUT2D eigenvalue weighted by atomic mass is 28.3. The lowest BCUT2D eigenvalue weighted by molar-refractivity contribution is 0.147. The summed E-state index contributed by atoms with van der Waals surface area (Å²) < 4.78 is 31.9. The smallest absolute Gasteiger partial charge is 0.162 e. The molecular weight excluding hydrogens is 334 g/mol. The number of halogens is 2. The van der Waals surface area contributed by atoms with Crippen molar-refractivity contribution in [1.29, 1.82) is 0 Å². The van der Waals surface area contributed by atoms with Crippen molar-refractivity contribution in [2.24, 2.45) is 17.8 Å². The molecule has 1 saturated heterocycles. The molecule has 1 heterocycles. The van der Waals surface area contributed by atoms with Gasteiger partial charge in [0.2, 0.25) is 0 Å². The van der Waals surface area contributed by atoms with Crippen molar-refractivity contribution in [3.8, 4) is 5.75 Å². The summed E-state index contributed by atoms with van der Waals surface area (Å²) in [6, 6.07) is 8.53. The van der Waals surface area contributed by atoms with E-state index in [0.29, 0.717) is 18.3 Å². The van der Waals surface area contributed by atoms with Gasteiger partial charge in [-0.25, -0.2) is 8.78 Å². The summed E-state index contributed by atoms with van der Waals surface area (Å²) >= 11 is 0. The van der Waals surface area contributed by atoms with Gasteiger partial charge in [0.05, 0.1) is 6.61 Å². The van der Waals surface area contributed by atoms with Crippen molar-refractivity contribution in [2.45, 2.75) is 70.0 Å². The molecule has 3 rings (SSSR count). The lowest BCUT2D eigenvalue weighted by atomic mass is 9.74. The first-order valence-electron chi connectivity index (χ1n) is 10.2. The molecule has 1 aliphatic heterocycles. The van der Waals surface area contributed by atoms with Crippen LogP contribution in [0.25, 0.3) is 0 Å². The van der Waals surface area contributed by atoms with Crippen molar-refractivity contribution in [1.82, 2.24) is 0 Å². The molecule has 0 atom stereocenters. The minimum absolute atomic E-state index is 0.363. The van der Waals surface area contributed by atoms with Gasteiger partial charge in [0.25, 0.3) is 0 Å². The van der Waals surface area contributed by atoms with Crippen molar-refractivity contribution in [3.63, 3.8) is 0 Å². The maximum Gasteiger partial charge on any atom is 0.162 e. The van der Waals surface area contributed by atoms with Crippen molar-refractivity contribution < 1.29 is 13.5 Å². The Morgan fingerprint density at radius 3 is 2.28 bits per heavy atom. The van der Waals surface area contributed by atoms with Gasteiger partial charge in [-0.15, -0.1) is 0 Å². The first-order valence-corrected chi connectivity index (χ1v) is 12.7. The Morgan fingerprint density at radius 2 is 1.64 bits per heavy atom. The van der Waals surface area contributed by atoms with E-state index in [2.05, 4.69) is 6.92 Å². The number of hydrogen-bond donors (Lipinski definition) is 0. The highest BCUT2D eigenvalue weighted by Gasteiger charge is 2.31. The third-order valence-electron chi connectivity index (χ3n) is 6.52. The van der Waals surface area contributed by atoms with E-state index < -0.39 is 11.6 Å². The van der Waals surface area contributed by atoms with E-state index in [1.165, 1.54) is 51.0 Å². The van der Waals surface area contributed by atoms with Gasteiger partial charge in [-0.2, -0.15) is 0 Å². The summed E-state index contributed by atoms with van der Waals surface area (Å²) in [7, 11) is -0.363. The zero-order valence-electron chi connectivity index (χ0n) is 15.5. The number of benzene rings is 1. The van der Waals surface area contributed by atoms with Crippen molar-refractivity contribution in [3.05, 3.63) is 29.8 Å². The van der Waals surface area contributed by atoms with Crippen LogP contribution in [-0.2, 0) is 0 Å². The van der Waals surface area contributed by atoms with Crippen molar-refractivity contribution >= 4 is 8.80 Å². The third kappa shape index (κ3) is 5.29. The van der Waals surface area contributed by atoms with Gasteiger partial charge in [0.1, 0.15) is 5.75 Å². The van der Waals surface area contributed by atoms with E-state index in [0.717, 1.165) is 24.0 Å². The molecule has 1 aromatic carbocycles. The Balaban J connectivity index is 1.38. The number of rotatable bonds is 6. The molecule has 4 heteroatoms. The van der Waals surface area contributed by atoms with E-state index in [4.69, 9.17) is 4.74 Å². The molecule has 140 valence electrons. The van der Waals surface area contributed by atoms with Gasteiger partial charge in [-0.05, 0) is 55.6 Å². The predicted molar refractivity (Wildman–Crippen MR) is 102 cm³/mol. The molecular formula is C21H32F2OSi. The van der Waals surface area contributed by atoms with Gasteiger partial charge in [0.15, 0.2) is 11.6 Å². The molecule has 25 heavy (non-hydrogen) atoms. The summed E-state index contributed by atoms with van der Waals surface area (Å²) in [5.74, 6) is 1.27. The van der Waals surface area contributed by atoms with Crippen LogP contribution in [-0.4, -0.2) is 15.4 Å². The normalized spacial score (nSPS) is 30.2. The molecule has 0 amide bonds. The quantitative estimate of drug-likeness (QED) is 0.545. The maximum atomic E-state index is 13.2. The fourth-order valence-electron chi connectivity index (χ4n) is 4.96. The largest absolute Gasteiger partial charge is 0.493 e. The Hall–Kier alpha value is -0.903. The van der Waals surface area contributed by atoms with Gasteiger partial charge in [-0.3, -0.25) is 0 Å². The van der Waals surface area contributed by atoms with Crippen LogP contribution in [0.5, 0.6) is 5.75 Å². The van der Waals surface area contributed by atoms with Crippen LogP contribution in [0.4, 0.5) is 8.78 Å². The molecule has 1 aliphatic carbocycles. The number of ether oxygens (including phenoxy) is 1. The Kier molecular flexibility index (Phi) is 6.91. The first-order chi connectivity index (χ1) is 12.2. The topological polar surface area (TPSA) is 9.23 Å². The Morgan fingerprint density at radius 1 is 0.960 bits per heavy atom. The summed E-state index contributed by atoms with van der Waals surface area (Å²) in [6.07, 6.45) is 9.49. The predicted octanol–water partition coefficient (Wildman–Crippen LogP) is 6.20. The zero-order valence-corrected chi connectivity index (χ0v) is 16.6. The Bertz CT molecular complexity index is 535. The maximum absolute atomic E-state index is 13.2. The molecule has 0 spiro atoms. The van der Waals surface area contributed by atoms with Crippen LogP contribution in [0.2, 0.25) is 18.1 Å². The van der Waals surface area contributed by atoms with Crippen LogP contribution < -0.4 is 4.74 Å². The fraction of sp³-hybridized carbons (Fsp3) is 0.714. The first kappa shape index (κ1) is 18.9. The molecule has 0 N–H and O–H groups in total. The van der Waals surface area contributed by atoms with Gasteiger partial charge in [0, 0.05) is 14.9 Å². The van der Waals surface area contributed by atoms with E-state index >= 15 is 0 Å². The summed E-state index contributed by atoms with van der Waals surface area (Å²) in [6.45, 7) is 2.97. The van der Waals surface area contributed by atoms with E-state index in [-0.39, 0.29) is 8.80 Å². The van der Waals surface area contributed by atoms with E-state index in [9.17, 15) is 8.78 Å². The lowest BCUT2D eigenvalue weighted by Gasteiger charge is -2.37. The average Bonchev–Trinajstić information content (AvgIpc) is 2.64. The minimum atomic E-state index is -0.830. The van der Waals surface area contributed by atoms with Crippen LogP contribution in [0, 0.1) is 29.4 Å². The van der Waals surface area contributed by atoms with E-state index in [1.807, 2.05) is 0 Å². The molecule has 1 aromatic rings. The molecule has 1 nitrogen and oxygen atoms in total. The molecule has 0 radical (unpaired) electrons. The van der Waals surface area contributed by atoms with Crippen LogP contribution in [0.1, 0.15) is 51.9 Å². The number of hydrogen-bond acceptors (Lipinski definition) is 1. The highest BCUT2D eigenvalue weighted by Crippen LogP contribution is 2.41. The summed E-state index contributed by atoms with van der Waals surface area (Å²) in [5.41, 5.74) is 0. The molecule has 0 bridgehead atoms. The summed E-state index contributed by atoms with van der Waals surface area (Å²) in [4.78, 5) is 0. The lowest BCUT2D eigenvalue weighted by Crippen LogP contribution is -2.29. The van der Waals surface area contributed by atoms with Gasteiger partial charge in [-0.1, -0.05) is 44.3 Å². The standard InChI is InChI=1S/C21H32F2OSi/c1-2-11-25-12-9-18(10-13-25)17-5-3-16(4-6-17)15-24-19-7-8-20(22)21(23)14-19/h7-8,14,16-18,25H,2-6,9-13,15H2,1H3. The molecule has 1 saturated carbocycles. The second-order valence-corrected chi connectivity index (χ2v) is 11.7. The van der Waals surface area contributed by atoms with Crippen molar-refractivity contribution in [2.75, 3.05) is 6.61 Å². The molecule has 0 aromatic heterocycles. The van der Waals surface area contributed by atoms with Crippen LogP contribution in [0.15, 0.2) is 18.2 Å². The van der Waals surface area contributed by atoms with Crippen LogP contribution in [0.3, 0.4) is 0 Å². The van der Waals surface area contributed by atoms with E-state index in [1.54, 1.807) is 18.1 Å². The van der Waals surface area contributed by atoms with Gasteiger partial charge >= 0.3 is 0 Å². The second-order valence-electron chi connectivity index (χ2n) is 8.24. The third-order valence-corrected chi connectivity index (χ3v) is 10.2. The van der Waals surface area contributed by atoms with Crippen LogP contribution >= 0.6 is 0 Å². The fourth-order valence-corrected chi connectivity index (χ4v) is 8.45. The molecule has 2 aliphatic rings. The van der Waals surface area contributed by atoms with Gasteiger partial charge < -0.3 is 4.74 Å². The highest BCUT2D eigenvalue weighted by molar-refractivity contribution is 6.58. The summed E-state index contributed by atoms with van der Waals surface area (Å²) in [5, 5.41) is 0. The zero-order chi connectivity index (χ0) is 17.6. The second kappa shape index (κ2) is 9.16.